The molecule has 0 unspecified atom stereocenters. The molecule has 0 aliphatic rings. The molecule has 0 fully saturated rings. The fourth-order valence-electron chi connectivity index (χ4n) is 1.96. The van der Waals surface area contributed by atoms with Gasteiger partial charge in [-0.1, -0.05) is 29.3 Å². The Kier molecular flexibility index (Phi) is 5.93. The van der Waals surface area contributed by atoms with E-state index in [1.165, 1.54) is 0 Å². The maximum absolute atomic E-state index is 6.15. The van der Waals surface area contributed by atoms with Crippen molar-refractivity contribution in [3.05, 3.63) is 45.9 Å². The van der Waals surface area contributed by atoms with Crippen molar-refractivity contribution >= 4 is 51.9 Å². The Morgan fingerprint density at radius 1 is 0.957 bits per heavy atom. The van der Waals surface area contributed by atoms with Gasteiger partial charge in [0.2, 0.25) is 0 Å². The Balaban J connectivity index is 2.20. The third-order valence-corrected chi connectivity index (χ3v) is 3.90. The monoisotopic (exact) mass is 370 g/mol. The summed E-state index contributed by atoms with van der Waals surface area (Å²) in [4.78, 5) is 0. The van der Waals surface area contributed by atoms with Crippen LogP contribution < -0.4 is 20.1 Å². The van der Waals surface area contributed by atoms with Crippen LogP contribution in [0.1, 0.15) is 5.56 Å². The number of thiocarbonyl (C=S) groups is 1. The second-order valence-electron chi connectivity index (χ2n) is 4.73. The Morgan fingerprint density at radius 3 is 2.26 bits per heavy atom. The predicted octanol–water partition coefficient (Wildman–Crippen LogP) is 5.13. The summed E-state index contributed by atoms with van der Waals surface area (Å²) in [6.07, 6.45) is 0. The molecule has 0 aliphatic heterocycles. The van der Waals surface area contributed by atoms with Crippen LogP contribution in [0, 0.1) is 6.92 Å². The van der Waals surface area contributed by atoms with Crippen molar-refractivity contribution in [1.82, 2.24) is 0 Å². The first-order valence-corrected chi connectivity index (χ1v) is 7.86. The van der Waals surface area contributed by atoms with E-state index in [-0.39, 0.29) is 0 Å². The first-order chi connectivity index (χ1) is 10.9. The average Bonchev–Trinajstić information content (AvgIpc) is 2.51. The minimum absolute atomic E-state index is 0.398. The molecule has 0 atom stereocenters. The summed E-state index contributed by atoms with van der Waals surface area (Å²) in [7, 11) is 3.10. The van der Waals surface area contributed by atoms with Crippen molar-refractivity contribution in [2.45, 2.75) is 6.92 Å². The molecule has 0 amide bonds. The molecule has 0 aliphatic carbocycles. The fraction of sp³-hybridized carbons (Fsp3) is 0.188. The standard InChI is InChI=1S/C16H16Cl2N2O2S/c1-9-4-5-10(17)6-12(9)19-16(23)20-13-7-11(18)14(21-2)8-15(13)22-3/h4-8H,1-3H3,(H2,19,20,23). The summed E-state index contributed by atoms with van der Waals surface area (Å²) in [6.45, 7) is 1.96. The predicted molar refractivity (Wildman–Crippen MR) is 101 cm³/mol. The van der Waals surface area contributed by atoms with E-state index in [0.717, 1.165) is 11.3 Å². The number of methoxy groups -OCH3 is 2. The minimum atomic E-state index is 0.398. The van der Waals surface area contributed by atoms with E-state index in [1.807, 2.05) is 25.1 Å². The number of hydrogen-bond donors (Lipinski definition) is 2. The molecule has 7 heteroatoms. The first-order valence-electron chi connectivity index (χ1n) is 6.70. The van der Waals surface area contributed by atoms with E-state index >= 15 is 0 Å². The van der Waals surface area contributed by atoms with Crippen molar-refractivity contribution in [2.24, 2.45) is 0 Å². The van der Waals surface area contributed by atoms with E-state index in [0.29, 0.717) is 32.3 Å². The molecule has 0 saturated carbocycles. The molecular weight excluding hydrogens is 355 g/mol. The second kappa shape index (κ2) is 7.73. The zero-order valence-electron chi connectivity index (χ0n) is 12.9. The lowest BCUT2D eigenvalue weighted by Gasteiger charge is -2.16. The van der Waals surface area contributed by atoms with Gasteiger partial charge >= 0.3 is 0 Å². The van der Waals surface area contributed by atoms with Crippen LogP contribution in [0.2, 0.25) is 10.0 Å². The molecular formula is C16H16Cl2N2O2S. The highest BCUT2D eigenvalue weighted by Gasteiger charge is 2.11. The van der Waals surface area contributed by atoms with Crippen molar-refractivity contribution in [1.29, 1.82) is 0 Å². The number of rotatable bonds is 4. The molecule has 122 valence electrons. The van der Waals surface area contributed by atoms with Crippen LogP contribution in [0.3, 0.4) is 0 Å². The summed E-state index contributed by atoms with van der Waals surface area (Å²) in [5.41, 5.74) is 2.49. The van der Waals surface area contributed by atoms with Gasteiger partial charge in [0.15, 0.2) is 5.11 Å². The maximum atomic E-state index is 6.15. The van der Waals surface area contributed by atoms with Gasteiger partial charge in [0.25, 0.3) is 0 Å². The first kappa shape index (κ1) is 17.7. The highest BCUT2D eigenvalue weighted by atomic mass is 35.5. The lowest BCUT2D eigenvalue weighted by Crippen LogP contribution is -2.20. The van der Waals surface area contributed by atoms with Crippen molar-refractivity contribution in [3.63, 3.8) is 0 Å². The van der Waals surface area contributed by atoms with Gasteiger partial charge in [-0.3, -0.25) is 0 Å². The Labute approximate surface area is 150 Å². The van der Waals surface area contributed by atoms with Gasteiger partial charge in [-0.25, -0.2) is 0 Å². The highest BCUT2D eigenvalue weighted by molar-refractivity contribution is 7.80. The summed E-state index contributed by atoms with van der Waals surface area (Å²) in [5.74, 6) is 1.09. The zero-order chi connectivity index (χ0) is 17.0. The Bertz CT molecular complexity index is 738. The SMILES string of the molecule is COc1cc(OC)c(NC(=S)Nc2cc(Cl)ccc2C)cc1Cl. The van der Waals surface area contributed by atoms with Crippen LogP contribution in [-0.4, -0.2) is 19.3 Å². The number of hydrogen-bond acceptors (Lipinski definition) is 3. The zero-order valence-corrected chi connectivity index (χ0v) is 15.2. The fourth-order valence-corrected chi connectivity index (χ4v) is 2.60. The molecule has 2 aromatic carbocycles. The van der Waals surface area contributed by atoms with Crippen LogP contribution in [0.5, 0.6) is 11.5 Å². The summed E-state index contributed by atoms with van der Waals surface area (Å²) in [5, 5.41) is 7.65. The van der Waals surface area contributed by atoms with Crippen LogP contribution in [0.4, 0.5) is 11.4 Å². The van der Waals surface area contributed by atoms with E-state index in [9.17, 15) is 0 Å². The number of anilines is 2. The van der Waals surface area contributed by atoms with E-state index in [4.69, 9.17) is 44.9 Å². The number of nitrogens with one attached hydrogen (secondary N) is 2. The Morgan fingerprint density at radius 2 is 1.61 bits per heavy atom. The summed E-state index contributed by atoms with van der Waals surface area (Å²) < 4.78 is 10.5. The van der Waals surface area contributed by atoms with E-state index < -0.39 is 0 Å². The Hall–Kier alpha value is -1.69. The van der Waals surface area contributed by atoms with Crippen LogP contribution in [-0.2, 0) is 0 Å². The van der Waals surface area contributed by atoms with Crippen molar-refractivity contribution in [2.75, 3.05) is 24.9 Å². The molecule has 2 aromatic rings. The molecule has 23 heavy (non-hydrogen) atoms. The quantitative estimate of drug-likeness (QED) is 0.730. The van der Waals surface area contributed by atoms with Gasteiger partial charge in [-0.05, 0) is 42.9 Å². The van der Waals surface area contributed by atoms with Gasteiger partial charge in [-0.2, -0.15) is 0 Å². The van der Waals surface area contributed by atoms with E-state index in [2.05, 4.69) is 10.6 Å². The normalized spacial score (nSPS) is 10.1. The minimum Gasteiger partial charge on any atom is -0.495 e. The number of halogens is 2. The maximum Gasteiger partial charge on any atom is 0.175 e. The summed E-state index contributed by atoms with van der Waals surface area (Å²) in [6, 6.07) is 8.93. The van der Waals surface area contributed by atoms with Crippen LogP contribution in [0.15, 0.2) is 30.3 Å². The lowest BCUT2D eigenvalue weighted by atomic mass is 10.2. The van der Waals surface area contributed by atoms with Crippen LogP contribution >= 0.6 is 35.4 Å². The molecule has 0 saturated heterocycles. The summed E-state index contributed by atoms with van der Waals surface area (Å²) >= 11 is 17.5. The topological polar surface area (TPSA) is 42.5 Å². The smallest absolute Gasteiger partial charge is 0.175 e. The number of benzene rings is 2. The molecule has 0 spiro atoms. The molecule has 0 heterocycles. The number of ether oxygens (including phenoxy) is 2. The molecule has 0 bridgehead atoms. The average molecular weight is 371 g/mol. The molecule has 0 aromatic heterocycles. The van der Waals surface area contributed by atoms with Gasteiger partial charge < -0.3 is 20.1 Å². The van der Waals surface area contributed by atoms with Crippen LogP contribution in [0.25, 0.3) is 0 Å². The van der Waals surface area contributed by atoms with Gasteiger partial charge in [0, 0.05) is 16.8 Å². The highest BCUT2D eigenvalue weighted by Crippen LogP contribution is 2.36. The number of aryl methyl sites for hydroxylation is 1. The molecule has 2 N–H and O–H groups in total. The second-order valence-corrected chi connectivity index (χ2v) is 5.98. The van der Waals surface area contributed by atoms with Gasteiger partial charge in [0.05, 0.1) is 24.9 Å². The van der Waals surface area contributed by atoms with E-state index in [1.54, 1.807) is 26.4 Å². The third kappa shape index (κ3) is 4.41. The molecule has 0 radical (unpaired) electrons. The van der Waals surface area contributed by atoms with Gasteiger partial charge in [0.1, 0.15) is 11.5 Å². The lowest BCUT2D eigenvalue weighted by molar-refractivity contribution is 0.396. The van der Waals surface area contributed by atoms with Crippen molar-refractivity contribution < 1.29 is 9.47 Å². The molecule has 4 nitrogen and oxygen atoms in total. The molecule has 2 rings (SSSR count). The van der Waals surface area contributed by atoms with Gasteiger partial charge in [-0.15, -0.1) is 0 Å². The van der Waals surface area contributed by atoms with Crippen molar-refractivity contribution in [3.8, 4) is 11.5 Å². The third-order valence-electron chi connectivity index (χ3n) is 3.17. The largest absolute Gasteiger partial charge is 0.495 e.